The smallest absolute Gasteiger partial charge is 0.149 e. The van der Waals surface area contributed by atoms with Crippen LogP contribution >= 0.6 is 0 Å². The molecule has 0 spiro atoms. The quantitative estimate of drug-likeness (QED) is 0.838. The van der Waals surface area contributed by atoms with Crippen molar-refractivity contribution in [3.05, 3.63) is 36.2 Å². The van der Waals surface area contributed by atoms with Gasteiger partial charge in [-0.05, 0) is 31.5 Å². The standard InChI is InChI=1S/C13H15F2N3O/c1-13(2,19)7-18-6-9(5-17-18)8-3-10(14)12(16)11(15)4-8/h3-6,19H,7,16H2,1-2H3. The first kappa shape index (κ1) is 13.5. The molecule has 2 aromatic rings. The van der Waals surface area contributed by atoms with Crippen LogP contribution in [0, 0.1) is 11.6 Å². The molecule has 102 valence electrons. The average Bonchev–Trinajstić information content (AvgIpc) is 2.71. The van der Waals surface area contributed by atoms with Gasteiger partial charge in [0.05, 0.1) is 18.3 Å². The Balaban J connectivity index is 2.33. The molecule has 1 aromatic carbocycles. The molecule has 0 unspecified atom stereocenters. The first-order valence-electron chi connectivity index (χ1n) is 5.76. The SMILES string of the molecule is CC(C)(O)Cn1cc(-c2cc(F)c(N)c(F)c2)cn1. The van der Waals surface area contributed by atoms with E-state index < -0.39 is 22.9 Å². The average molecular weight is 267 g/mol. The molecule has 0 fully saturated rings. The molecule has 2 rings (SSSR count). The summed E-state index contributed by atoms with van der Waals surface area (Å²) in [5, 5.41) is 13.7. The molecule has 3 N–H and O–H groups in total. The van der Waals surface area contributed by atoms with Gasteiger partial charge in [0, 0.05) is 11.8 Å². The zero-order chi connectivity index (χ0) is 14.2. The van der Waals surface area contributed by atoms with E-state index in [1.165, 1.54) is 10.9 Å². The fraction of sp³-hybridized carbons (Fsp3) is 0.308. The van der Waals surface area contributed by atoms with Crippen molar-refractivity contribution in [2.75, 3.05) is 5.73 Å². The number of benzene rings is 1. The Morgan fingerprint density at radius 3 is 2.37 bits per heavy atom. The van der Waals surface area contributed by atoms with Gasteiger partial charge in [0.25, 0.3) is 0 Å². The fourth-order valence-corrected chi connectivity index (χ4v) is 1.75. The topological polar surface area (TPSA) is 64.1 Å². The molecule has 0 aliphatic rings. The summed E-state index contributed by atoms with van der Waals surface area (Å²) in [4.78, 5) is 0. The molecule has 0 bridgehead atoms. The van der Waals surface area contributed by atoms with Crippen LogP contribution < -0.4 is 5.73 Å². The Labute approximate surface area is 109 Å². The maximum atomic E-state index is 13.4. The zero-order valence-corrected chi connectivity index (χ0v) is 10.7. The van der Waals surface area contributed by atoms with E-state index in [1.807, 2.05) is 0 Å². The highest BCUT2D eigenvalue weighted by molar-refractivity contribution is 5.65. The summed E-state index contributed by atoms with van der Waals surface area (Å²) < 4.78 is 28.3. The number of nitrogens with two attached hydrogens (primary N) is 1. The number of nitrogen functional groups attached to an aromatic ring is 1. The molecule has 1 aromatic heterocycles. The van der Waals surface area contributed by atoms with E-state index in [0.29, 0.717) is 11.1 Å². The predicted molar refractivity (Wildman–Crippen MR) is 68.3 cm³/mol. The lowest BCUT2D eigenvalue weighted by Gasteiger charge is -2.16. The second kappa shape index (κ2) is 4.62. The molecule has 19 heavy (non-hydrogen) atoms. The molecule has 4 nitrogen and oxygen atoms in total. The summed E-state index contributed by atoms with van der Waals surface area (Å²) in [7, 11) is 0. The van der Waals surface area contributed by atoms with Crippen molar-refractivity contribution < 1.29 is 13.9 Å². The number of rotatable bonds is 3. The van der Waals surface area contributed by atoms with Crippen LogP contribution in [0.25, 0.3) is 11.1 Å². The van der Waals surface area contributed by atoms with Gasteiger partial charge in [-0.15, -0.1) is 0 Å². The minimum atomic E-state index is -0.916. The number of halogens is 2. The van der Waals surface area contributed by atoms with Crippen LogP contribution in [0.3, 0.4) is 0 Å². The third-order valence-corrected chi connectivity index (χ3v) is 2.59. The third kappa shape index (κ3) is 3.08. The van der Waals surface area contributed by atoms with Gasteiger partial charge in [-0.3, -0.25) is 4.68 Å². The number of aromatic nitrogens is 2. The number of nitrogens with zero attached hydrogens (tertiary/aromatic N) is 2. The van der Waals surface area contributed by atoms with Crippen LogP contribution in [0.4, 0.5) is 14.5 Å². The van der Waals surface area contributed by atoms with Crippen LogP contribution in [-0.2, 0) is 6.54 Å². The largest absolute Gasteiger partial charge is 0.394 e. The normalized spacial score (nSPS) is 11.8. The zero-order valence-electron chi connectivity index (χ0n) is 10.7. The number of hydrogen-bond acceptors (Lipinski definition) is 3. The summed E-state index contributed by atoms with van der Waals surface area (Å²) in [6.07, 6.45) is 3.10. The second-order valence-corrected chi connectivity index (χ2v) is 5.09. The maximum absolute atomic E-state index is 13.4. The highest BCUT2D eigenvalue weighted by atomic mass is 19.1. The van der Waals surface area contributed by atoms with Crippen LogP contribution in [-0.4, -0.2) is 20.5 Å². The molecule has 0 aliphatic carbocycles. The summed E-state index contributed by atoms with van der Waals surface area (Å²) in [5.41, 5.74) is 4.72. The van der Waals surface area contributed by atoms with E-state index >= 15 is 0 Å². The van der Waals surface area contributed by atoms with E-state index in [9.17, 15) is 13.9 Å². The molecule has 0 radical (unpaired) electrons. The predicted octanol–water partition coefficient (Wildman–Crippen LogP) is 2.18. The van der Waals surface area contributed by atoms with Crippen LogP contribution in [0.1, 0.15) is 13.8 Å². The monoisotopic (exact) mass is 267 g/mol. The Bertz CT molecular complexity index is 579. The van der Waals surface area contributed by atoms with Gasteiger partial charge >= 0.3 is 0 Å². The van der Waals surface area contributed by atoms with E-state index in [1.54, 1.807) is 20.0 Å². The summed E-state index contributed by atoms with van der Waals surface area (Å²) in [5.74, 6) is -1.60. The van der Waals surface area contributed by atoms with Gasteiger partial charge < -0.3 is 10.8 Å². The third-order valence-electron chi connectivity index (χ3n) is 2.59. The van der Waals surface area contributed by atoms with E-state index in [4.69, 9.17) is 5.73 Å². The molecular formula is C13H15F2N3O. The summed E-state index contributed by atoms with van der Waals surface area (Å²) >= 11 is 0. The van der Waals surface area contributed by atoms with Crippen molar-refractivity contribution in [2.24, 2.45) is 0 Å². The highest BCUT2D eigenvalue weighted by Crippen LogP contribution is 2.25. The Morgan fingerprint density at radius 1 is 1.26 bits per heavy atom. The van der Waals surface area contributed by atoms with Crippen molar-refractivity contribution >= 4 is 5.69 Å². The molecule has 0 aliphatic heterocycles. The van der Waals surface area contributed by atoms with Gasteiger partial charge in [0.15, 0.2) is 0 Å². The summed E-state index contributed by atoms with van der Waals surface area (Å²) in [6, 6.07) is 2.31. The Hall–Kier alpha value is -1.95. The minimum Gasteiger partial charge on any atom is -0.394 e. The minimum absolute atomic E-state index is 0.285. The van der Waals surface area contributed by atoms with Gasteiger partial charge in [0.2, 0.25) is 0 Å². The molecular weight excluding hydrogens is 252 g/mol. The van der Waals surface area contributed by atoms with Gasteiger partial charge in [-0.1, -0.05) is 0 Å². The number of aliphatic hydroxyl groups is 1. The molecule has 6 heteroatoms. The van der Waals surface area contributed by atoms with Crippen molar-refractivity contribution in [1.82, 2.24) is 9.78 Å². The van der Waals surface area contributed by atoms with Crippen LogP contribution in [0.15, 0.2) is 24.5 Å². The maximum Gasteiger partial charge on any atom is 0.149 e. The van der Waals surface area contributed by atoms with Crippen molar-refractivity contribution in [3.8, 4) is 11.1 Å². The molecule has 0 atom stereocenters. The lowest BCUT2D eigenvalue weighted by atomic mass is 10.1. The number of anilines is 1. The molecule has 0 amide bonds. The van der Waals surface area contributed by atoms with Crippen LogP contribution in [0.2, 0.25) is 0 Å². The fourth-order valence-electron chi connectivity index (χ4n) is 1.75. The first-order chi connectivity index (χ1) is 8.76. The number of hydrogen-bond donors (Lipinski definition) is 2. The van der Waals surface area contributed by atoms with Gasteiger partial charge in [-0.25, -0.2) is 8.78 Å². The van der Waals surface area contributed by atoms with Gasteiger partial charge in [-0.2, -0.15) is 5.10 Å². The molecule has 0 saturated heterocycles. The lowest BCUT2D eigenvalue weighted by molar-refractivity contribution is 0.0577. The van der Waals surface area contributed by atoms with Crippen molar-refractivity contribution in [2.45, 2.75) is 26.0 Å². The molecule has 1 heterocycles. The molecule has 0 saturated carbocycles. The Morgan fingerprint density at radius 2 is 1.84 bits per heavy atom. The van der Waals surface area contributed by atoms with Gasteiger partial charge in [0.1, 0.15) is 17.3 Å². The van der Waals surface area contributed by atoms with Crippen molar-refractivity contribution in [3.63, 3.8) is 0 Å². The van der Waals surface area contributed by atoms with E-state index in [0.717, 1.165) is 12.1 Å². The first-order valence-corrected chi connectivity index (χ1v) is 5.76. The second-order valence-electron chi connectivity index (χ2n) is 5.09. The highest BCUT2D eigenvalue weighted by Gasteiger charge is 2.15. The van der Waals surface area contributed by atoms with E-state index in [2.05, 4.69) is 5.10 Å². The lowest BCUT2D eigenvalue weighted by Crippen LogP contribution is -2.26. The van der Waals surface area contributed by atoms with E-state index in [-0.39, 0.29) is 6.54 Å². The van der Waals surface area contributed by atoms with Crippen molar-refractivity contribution in [1.29, 1.82) is 0 Å². The van der Waals surface area contributed by atoms with Crippen LogP contribution in [0.5, 0.6) is 0 Å². The Kier molecular flexibility index (Phi) is 3.28. The summed E-state index contributed by atoms with van der Waals surface area (Å²) in [6.45, 7) is 3.58.